The molecule has 162 valence electrons. The number of hydrogen-bond acceptors (Lipinski definition) is 7. The van der Waals surface area contributed by atoms with Crippen LogP contribution in [-0.4, -0.2) is 30.0 Å². The third-order valence-electron chi connectivity index (χ3n) is 4.78. The van der Waals surface area contributed by atoms with Gasteiger partial charge in [0, 0.05) is 22.4 Å². The van der Waals surface area contributed by atoms with Crippen molar-refractivity contribution in [3.8, 4) is 0 Å². The number of hydrogen-bond donors (Lipinski definition) is 1. The summed E-state index contributed by atoms with van der Waals surface area (Å²) in [5, 5.41) is 13.9. The molecule has 9 heteroatoms. The molecule has 1 amide bonds. The first-order valence-electron chi connectivity index (χ1n) is 9.86. The number of para-hydroxylation sites is 4. The molecule has 0 aliphatic carbocycles. The molecule has 0 unspecified atom stereocenters. The van der Waals surface area contributed by atoms with Crippen LogP contribution in [0.4, 0.5) is 22.7 Å². The summed E-state index contributed by atoms with van der Waals surface area (Å²) in [4.78, 5) is 39.2. The first kappa shape index (κ1) is 21.4. The molecular formula is C23H19N3O5S. The maximum Gasteiger partial charge on any atom is 0.308 e. The van der Waals surface area contributed by atoms with Crippen molar-refractivity contribution in [2.45, 2.75) is 16.2 Å². The van der Waals surface area contributed by atoms with Crippen LogP contribution in [0.5, 0.6) is 0 Å². The second kappa shape index (κ2) is 9.52. The van der Waals surface area contributed by atoms with E-state index >= 15 is 0 Å². The number of fused-ring (bicyclic) bond motifs is 2. The van der Waals surface area contributed by atoms with Gasteiger partial charge in [0.25, 0.3) is 11.6 Å². The average molecular weight is 449 g/mol. The van der Waals surface area contributed by atoms with Gasteiger partial charge in [0.1, 0.15) is 5.69 Å². The highest BCUT2D eigenvalue weighted by Gasteiger charge is 2.28. The summed E-state index contributed by atoms with van der Waals surface area (Å²) in [5.74, 6) is -0.928. The summed E-state index contributed by atoms with van der Waals surface area (Å²) in [6.45, 7) is -0.262. The Bertz CT molecular complexity index is 1140. The van der Waals surface area contributed by atoms with Crippen LogP contribution in [0.1, 0.15) is 6.42 Å². The van der Waals surface area contributed by atoms with Crippen molar-refractivity contribution in [2.75, 3.05) is 23.4 Å². The second-order valence-electron chi connectivity index (χ2n) is 6.88. The molecule has 0 atom stereocenters. The minimum atomic E-state index is -0.572. The monoisotopic (exact) mass is 449 g/mol. The number of benzene rings is 3. The summed E-state index contributed by atoms with van der Waals surface area (Å²) in [6.07, 6.45) is -0.0393. The van der Waals surface area contributed by atoms with Crippen molar-refractivity contribution in [1.29, 1.82) is 0 Å². The maximum atomic E-state index is 13.0. The molecule has 3 aromatic rings. The molecule has 1 heterocycles. The molecule has 0 radical (unpaired) electrons. The number of carbonyl (C=O) groups excluding carboxylic acids is 2. The van der Waals surface area contributed by atoms with Crippen LogP contribution in [0.2, 0.25) is 0 Å². The van der Waals surface area contributed by atoms with E-state index < -0.39 is 17.5 Å². The Morgan fingerprint density at radius 2 is 1.53 bits per heavy atom. The number of ether oxygens (including phenoxy) is 1. The van der Waals surface area contributed by atoms with Crippen molar-refractivity contribution in [3.63, 3.8) is 0 Å². The lowest BCUT2D eigenvalue weighted by atomic mass is 10.2. The van der Waals surface area contributed by atoms with Crippen molar-refractivity contribution in [1.82, 2.24) is 0 Å². The summed E-state index contributed by atoms with van der Waals surface area (Å²) in [7, 11) is 0. The SMILES string of the molecule is O=C(CCNc1ccccc1[N+](=O)[O-])OCC(=O)N1c2ccccc2Sc2ccccc21. The van der Waals surface area contributed by atoms with E-state index in [4.69, 9.17) is 4.74 Å². The Kier molecular flexibility index (Phi) is 6.37. The Hall–Kier alpha value is -3.85. The first-order chi connectivity index (χ1) is 15.5. The lowest BCUT2D eigenvalue weighted by Gasteiger charge is -2.30. The van der Waals surface area contributed by atoms with E-state index in [-0.39, 0.29) is 24.6 Å². The summed E-state index contributed by atoms with van der Waals surface area (Å²) < 4.78 is 5.19. The van der Waals surface area contributed by atoms with Crippen LogP contribution in [0.15, 0.2) is 82.6 Å². The molecule has 0 bridgehead atoms. The van der Waals surface area contributed by atoms with Crippen LogP contribution in [-0.2, 0) is 14.3 Å². The number of nitro benzene ring substituents is 1. The molecule has 0 saturated heterocycles. The molecule has 32 heavy (non-hydrogen) atoms. The average Bonchev–Trinajstić information content (AvgIpc) is 2.81. The lowest BCUT2D eigenvalue weighted by Crippen LogP contribution is -2.32. The van der Waals surface area contributed by atoms with Crippen LogP contribution >= 0.6 is 11.8 Å². The van der Waals surface area contributed by atoms with E-state index in [2.05, 4.69) is 5.32 Å². The number of rotatable bonds is 7. The molecule has 4 rings (SSSR count). The topological polar surface area (TPSA) is 102 Å². The van der Waals surface area contributed by atoms with Crippen LogP contribution < -0.4 is 10.2 Å². The van der Waals surface area contributed by atoms with Gasteiger partial charge in [-0.1, -0.05) is 48.2 Å². The molecule has 0 aromatic heterocycles. The standard InChI is InChI=1S/C23H19N3O5S/c27-22(15-31-23(28)13-14-24-16-7-1-2-8-17(16)26(29)30)25-18-9-3-5-11-20(18)32-21-12-6-4-10-19(21)25/h1-12,24H,13-15H2. The molecule has 0 spiro atoms. The molecule has 1 N–H and O–H groups in total. The zero-order valence-corrected chi connectivity index (χ0v) is 17.7. The van der Waals surface area contributed by atoms with Crippen molar-refractivity contribution < 1.29 is 19.2 Å². The van der Waals surface area contributed by atoms with Crippen molar-refractivity contribution in [3.05, 3.63) is 82.9 Å². The van der Waals surface area contributed by atoms with E-state index in [9.17, 15) is 19.7 Å². The Morgan fingerprint density at radius 3 is 2.19 bits per heavy atom. The molecule has 0 fully saturated rings. The second-order valence-corrected chi connectivity index (χ2v) is 7.96. The first-order valence-corrected chi connectivity index (χ1v) is 10.7. The maximum absolute atomic E-state index is 13.0. The van der Waals surface area contributed by atoms with E-state index in [0.29, 0.717) is 5.69 Å². The summed E-state index contributed by atoms with van der Waals surface area (Å²) in [5.41, 5.74) is 1.74. The van der Waals surface area contributed by atoms with Crippen LogP contribution in [0, 0.1) is 10.1 Å². The van der Waals surface area contributed by atoms with Crippen molar-refractivity contribution in [2.24, 2.45) is 0 Å². The van der Waals surface area contributed by atoms with Crippen LogP contribution in [0.25, 0.3) is 0 Å². The fraction of sp³-hybridized carbons (Fsp3) is 0.130. The van der Waals surface area contributed by atoms with Gasteiger partial charge < -0.3 is 10.1 Å². The van der Waals surface area contributed by atoms with E-state index in [1.165, 1.54) is 6.07 Å². The van der Waals surface area contributed by atoms with Gasteiger partial charge in [-0.05, 0) is 30.3 Å². The normalized spacial score (nSPS) is 11.8. The molecular weight excluding hydrogens is 430 g/mol. The minimum absolute atomic E-state index is 0.0393. The third kappa shape index (κ3) is 4.57. The van der Waals surface area contributed by atoms with Gasteiger partial charge in [0.05, 0.1) is 22.7 Å². The van der Waals surface area contributed by atoms with E-state index in [0.717, 1.165) is 21.2 Å². The van der Waals surface area contributed by atoms with Gasteiger partial charge in [-0.15, -0.1) is 0 Å². The molecule has 3 aromatic carbocycles. The third-order valence-corrected chi connectivity index (χ3v) is 5.91. The number of anilines is 3. The number of nitrogens with zero attached hydrogens (tertiary/aromatic N) is 2. The Morgan fingerprint density at radius 1 is 0.938 bits per heavy atom. The van der Waals surface area contributed by atoms with E-state index in [1.54, 1.807) is 34.9 Å². The fourth-order valence-corrected chi connectivity index (χ4v) is 4.39. The number of nitro groups is 1. The number of amides is 1. The lowest BCUT2D eigenvalue weighted by molar-refractivity contribution is -0.384. The highest BCUT2D eigenvalue weighted by atomic mass is 32.2. The molecule has 8 nitrogen and oxygen atoms in total. The van der Waals surface area contributed by atoms with Gasteiger partial charge in [0.2, 0.25) is 0 Å². The zero-order valence-electron chi connectivity index (χ0n) is 16.9. The zero-order chi connectivity index (χ0) is 22.5. The fourth-order valence-electron chi connectivity index (χ4n) is 3.33. The highest BCUT2D eigenvalue weighted by molar-refractivity contribution is 7.99. The van der Waals surface area contributed by atoms with Gasteiger partial charge in [-0.3, -0.25) is 24.6 Å². The van der Waals surface area contributed by atoms with E-state index in [1.807, 2.05) is 48.5 Å². The predicted molar refractivity (Wildman–Crippen MR) is 121 cm³/mol. The van der Waals surface area contributed by atoms with Crippen LogP contribution in [0.3, 0.4) is 0 Å². The van der Waals surface area contributed by atoms with Gasteiger partial charge in [0.15, 0.2) is 6.61 Å². The molecule has 0 saturated carbocycles. The largest absolute Gasteiger partial charge is 0.455 e. The number of carbonyl (C=O) groups is 2. The Balaban J connectivity index is 1.36. The van der Waals surface area contributed by atoms with Crippen molar-refractivity contribution >= 4 is 46.4 Å². The summed E-state index contributed by atoms with van der Waals surface area (Å²) >= 11 is 1.58. The van der Waals surface area contributed by atoms with Gasteiger partial charge >= 0.3 is 5.97 Å². The predicted octanol–water partition coefficient (Wildman–Crippen LogP) is 4.77. The van der Waals surface area contributed by atoms with Gasteiger partial charge in [-0.25, -0.2) is 0 Å². The highest BCUT2D eigenvalue weighted by Crippen LogP contribution is 2.47. The number of nitrogens with one attached hydrogen (secondary N) is 1. The Labute approximate surface area is 188 Å². The smallest absolute Gasteiger partial charge is 0.308 e. The minimum Gasteiger partial charge on any atom is -0.455 e. The molecule has 1 aliphatic heterocycles. The van der Waals surface area contributed by atoms with Gasteiger partial charge in [-0.2, -0.15) is 0 Å². The number of esters is 1. The molecule has 1 aliphatic rings. The quantitative estimate of drug-likeness (QED) is 0.315. The summed E-state index contributed by atoms with van der Waals surface area (Å²) in [6, 6.07) is 21.3.